The normalized spacial score (nSPS) is 13.5. The first-order valence-electron chi connectivity index (χ1n) is 11.6. The number of nitrogens with one attached hydrogen (secondary N) is 3. The number of para-hydroxylation sites is 1. The molecule has 0 aliphatic carbocycles. The SMILES string of the molecule is O=C(Nc1ccc(Cl)cn1)c1ccccc1NC(=O)c1ccc(F)cc1OC1CCNCC1.O=CC(F)(F)F. The van der Waals surface area contributed by atoms with Gasteiger partial charge >= 0.3 is 6.18 Å². The number of anilines is 2. The first-order valence-corrected chi connectivity index (χ1v) is 12.0. The molecule has 1 aliphatic heterocycles. The molecule has 3 N–H and O–H groups in total. The largest absolute Gasteiger partial charge is 0.489 e. The molecule has 0 saturated carbocycles. The minimum atomic E-state index is -4.64. The number of halogens is 5. The maximum absolute atomic E-state index is 13.9. The Balaban J connectivity index is 0.000000631. The van der Waals surface area contributed by atoms with Crippen LogP contribution in [0.5, 0.6) is 5.75 Å². The molecule has 13 heteroatoms. The van der Waals surface area contributed by atoms with Crippen molar-refractivity contribution in [1.29, 1.82) is 0 Å². The van der Waals surface area contributed by atoms with Crippen LogP contribution in [0.4, 0.5) is 29.1 Å². The summed E-state index contributed by atoms with van der Waals surface area (Å²) in [5.74, 6) is -0.964. The lowest BCUT2D eigenvalue weighted by Crippen LogP contribution is -2.34. The van der Waals surface area contributed by atoms with Gasteiger partial charge in [0.25, 0.3) is 11.8 Å². The van der Waals surface area contributed by atoms with Crippen LogP contribution in [0.3, 0.4) is 0 Å². The summed E-state index contributed by atoms with van der Waals surface area (Å²) >= 11 is 5.83. The fraction of sp³-hybridized carbons (Fsp3) is 0.231. The van der Waals surface area contributed by atoms with Gasteiger partial charge in [-0.25, -0.2) is 9.37 Å². The molecule has 0 unspecified atom stereocenters. The van der Waals surface area contributed by atoms with Crippen LogP contribution < -0.4 is 20.7 Å². The highest BCUT2D eigenvalue weighted by Crippen LogP contribution is 2.26. The van der Waals surface area contributed by atoms with E-state index in [1.54, 1.807) is 36.4 Å². The first-order chi connectivity index (χ1) is 18.6. The zero-order valence-electron chi connectivity index (χ0n) is 20.2. The molecule has 0 radical (unpaired) electrons. The lowest BCUT2D eigenvalue weighted by Gasteiger charge is -2.25. The molecule has 1 fully saturated rings. The van der Waals surface area contributed by atoms with E-state index >= 15 is 0 Å². The number of pyridine rings is 1. The number of ether oxygens (including phenoxy) is 1. The predicted molar refractivity (Wildman–Crippen MR) is 137 cm³/mol. The smallest absolute Gasteiger partial charge is 0.446 e. The lowest BCUT2D eigenvalue weighted by atomic mass is 10.1. The molecule has 3 aromatic rings. The van der Waals surface area contributed by atoms with E-state index in [0.717, 1.165) is 25.9 Å². The second-order valence-electron chi connectivity index (χ2n) is 8.18. The molecule has 39 heavy (non-hydrogen) atoms. The quantitative estimate of drug-likeness (QED) is 0.277. The number of hydrogen-bond acceptors (Lipinski definition) is 6. The molecular weight excluding hydrogens is 544 g/mol. The average Bonchev–Trinajstić information content (AvgIpc) is 2.91. The van der Waals surface area contributed by atoms with E-state index in [2.05, 4.69) is 20.9 Å². The van der Waals surface area contributed by atoms with Crippen molar-refractivity contribution in [3.8, 4) is 5.75 Å². The van der Waals surface area contributed by atoms with Crippen LogP contribution in [0.15, 0.2) is 60.8 Å². The summed E-state index contributed by atoms with van der Waals surface area (Å²) in [4.78, 5) is 38.6. The van der Waals surface area contributed by atoms with Crippen molar-refractivity contribution < 1.29 is 36.7 Å². The van der Waals surface area contributed by atoms with Gasteiger partial charge in [-0.3, -0.25) is 14.4 Å². The zero-order chi connectivity index (χ0) is 28.4. The second kappa shape index (κ2) is 13.7. The van der Waals surface area contributed by atoms with Crippen molar-refractivity contribution in [2.75, 3.05) is 23.7 Å². The van der Waals surface area contributed by atoms with Gasteiger partial charge < -0.3 is 20.7 Å². The molecular formula is C26H23ClF4N4O4. The number of benzene rings is 2. The van der Waals surface area contributed by atoms with Gasteiger partial charge in [-0.2, -0.15) is 13.2 Å². The monoisotopic (exact) mass is 566 g/mol. The Morgan fingerprint density at radius 3 is 2.31 bits per heavy atom. The Labute approximate surface area is 225 Å². The third-order valence-corrected chi connectivity index (χ3v) is 5.51. The van der Waals surface area contributed by atoms with Gasteiger partial charge in [0.15, 0.2) is 0 Å². The Bertz CT molecular complexity index is 1300. The molecule has 1 saturated heterocycles. The number of amides is 2. The van der Waals surface area contributed by atoms with E-state index in [4.69, 9.17) is 21.1 Å². The van der Waals surface area contributed by atoms with E-state index in [0.29, 0.717) is 16.5 Å². The summed E-state index contributed by atoms with van der Waals surface area (Å²) in [5.41, 5.74) is 0.723. The summed E-state index contributed by atoms with van der Waals surface area (Å²) < 4.78 is 51.1. The zero-order valence-corrected chi connectivity index (χ0v) is 21.0. The molecule has 8 nitrogen and oxygen atoms in total. The molecule has 0 atom stereocenters. The molecule has 4 rings (SSSR count). The van der Waals surface area contributed by atoms with E-state index in [1.807, 2.05) is 0 Å². The van der Waals surface area contributed by atoms with E-state index in [1.165, 1.54) is 24.4 Å². The fourth-order valence-corrected chi connectivity index (χ4v) is 3.60. The Hall–Kier alpha value is -4.03. The molecule has 0 bridgehead atoms. The van der Waals surface area contributed by atoms with Crippen LogP contribution in [0.1, 0.15) is 33.6 Å². The van der Waals surface area contributed by atoms with Crippen molar-refractivity contribution >= 4 is 41.2 Å². The Kier molecular flexibility index (Phi) is 10.4. The minimum absolute atomic E-state index is 0.107. The van der Waals surface area contributed by atoms with Crippen LogP contribution in [0.25, 0.3) is 0 Å². The Morgan fingerprint density at radius 1 is 1.00 bits per heavy atom. The second-order valence-corrected chi connectivity index (χ2v) is 8.62. The number of hydrogen-bond donors (Lipinski definition) is 3. The van der Waals surface area contributed by atoms with Crippen LogP contribution >= 0.6 is 11.6 Å². The van der Waals surface area contributed by atoms with Gasteiger partial charge in [-0.05, 0) is 62.3 Å². The van der Waals surface area contributed by atoms with Gasteiger partial charge in [-0.1, -0.05) is 23.7 Å². The summed E-state index contributed by atoms with van der Waals surface area (Å²) in [7, 11) is 0. The summed E-state index contributed by atoms with van der Waals surface area (Å²) in [6, 6.07) is 13.5. The van der Waals surface area contributed by atoms with E-state index in [-0.39, 0.29) is 23.0 Å². The van der Waals surface area contributed by atoms with Crippen LogP contribution in [0.2, 0.25) is 5.02 Å². The van der Waals surface area contributed by atoms with Crippen molar-refractivity contribution in [2.45, 2.75) is 25.1 Å². The van der Waals surface area contributed by atoms with Crippen molar-refractivity contribution in [1.82, 2.24) is 10.3 Å². The van der Waals surface area contributed by atoms with Crippen LogP contribution in [-0.4, -0.2) is 48.5 Å². The maximum Gasteiger partial charge on any atom is 0.446 e. The third-order valence-electron chi connectivity index (χ3n) is 5.29. The number of alkyl halides is 3. The van der Waals surface area contributed by atoms with Crippen molar-refractivity contribution in [3.63, 3.8) is 0 Å². The highest BCUT2D eigenvalue weighted by atomic mass is 35.5. The number of nitrogens with zero attached hydrogens (tertiary/aromatic N) is 1. The number of aromatic nitrogens is 1. The first kappa shape index (κ1) is 29.5. The molecule has 2 aromatic carbocycles. The predicted octanol–water partition coefficient (Wildman–Crippen LogP) is 5.26. The molecule has 2 amide bonds. The summed E-state index contributed by atoms with van der Waals surface area (Å²) in [6.07, 6.45) is -2.86. The van der Waals surface area contributed by atoms with Gasteiger partial charge in [0.1, 0.15) is 23.5 Å². The topological polar surface area (TPSA) is 109 Å². The van der Waals surface area contributed by atoms with Crippen LogP contribution in [0, 0.1) is 5.82 Å². The highest BCUT2D eigenvalue weighted by molar-refractivity contribution is 6.30. The minimum Gasteiger partial charge on any atom is -0.489 e. The van der Waals surface area contributed by atoms with E-state index in [9.17, 15) is 27.2 Å². The van der Waals surface area contributed by atoms with Gasteiger partial charge in [0, 0.05) is 12.3 Å². The van der Waals surface area contributed by atoms with Gasteiger partial charge in [0.2, 0.25) is 6.29 Å². The van der Waals surface area contributed by atoms with Crippen LogP contribution in [-0.2, 0) is 4.79 Å². The van der Waals surface area contributed by atoms with Crippen molar-refractivity contribution in [3.05, 3.63) is 82.8 Å². The standard InChI is InChI=1S/C24H22ClFN4O3.C2HF3O/c25-15-5-8-22(28-14-15)30-23(31)18-3-1-2-4-20(18)29-24(32)19-7-6-16(26)13-21(19)33-17-9-11-27-12-10-17;3-2(4,5)1-6/h1-8,13-14,17,27H,9-12H2,(H,29,32)(H,28,30,31);1H. The maximum atomic E-state index is 13.9. The number of aldehydes is 1. The van der Waals surface area contributed by atoms with Crippen molar-refractivity contribution in [2.24, 2.45) is 0 Å². The highest BCUT2D eigenvalue weighted by Gasteiger charge is 2.25. The number of piperidine rings is 1. The molecule has 1 aromatic heterocycles. The molecule has 1 aliphatic rings. The summed E-state index contributed by atoms with van der Waals surface area (Å²) in [5, 5.41) is 9.10. The molecule has 0 spiro atoms. The molecule has 206 valence electrons. The number of carbonyl (C=O) groups excluding carboxylic acids is 3. The number of carbonyl (C=O) groups is 3. The van der Waals surface area contributed by atoms with Gasteiger partial charge in [0.05, 0.1) is 21.8 Å². The fourth-order valence-electron chi connectivity index (χ4n) is 3.49. The lowest BCUT2D eigenvalue weighted by molar-refractivity contribution is -0.156. The Morgan fingerprint density at radius 2 is 1.67 bits per heavy atom. The van der Waals surface area contributed by atoms with Gasteiger partial charge in [-0.15, -0.1) is 0 Å². The third kappa shape index (κ3) is 9.34. The molecule has 2 heterocycles. The average molecular weight is 567 g/mol. The van der Waals surface area contributed by atoms with E-state index < -0.39 is 30.1 Å². The summed E-state index contributed by atoms with van der Waals surface area (Å²) in [6.45, 7) is 1.60. The number of rotatable bonds is 6.